The molecule has 64 heavy (non-hydrogen) atoms. The van der Waals surface area contributed by atoms with Crippen molar-refractivity contribution in [2.45, 2.75) is 103 Å². The highest BCUT2D eigenvalue weighted by Crippen LogP contribution is 2.43. The van der Waals surface area contributed by atoms with Crippen LogP contribution in [0.5, 0.6) is 0 Å². The van der Waals surface area contributed by atoms with E-state index in [1.165, 1.54) is 12.1 Å². The van der Waals surface area contributed by atoms with E-state index in [4.69, 9.17) is 0 Å². The van der Waals surface area contributed by atoms with Crippen LogP contribution in [0.4, 0.5) is 35.9 Å². The Labute approximate surface area is 367 Å². The van der Waals surface area contributed by atoms with Gasteiger partial charge in [0.2, 0.25) is 0 Å². The lowest BCUT2D eigenvalue weighted by molar-refractivity contribution is -0.123. The van der Waals surface area contributed by atoms with Crippen LogP contribution in [0.3, 0.4) is 0 Å². The fourth-order valence-electron chi connectivity index (χ4n) is 7.61. The number of amides is 6. The Bertz CT molecular complexity index is 2120. The van der Waals surface area contributed by atoms with Gasteiger partial charge in [0.05, 0.1) is 23.5 Å². The summed E-state index contributed by atoms with van der Waals surface area (Å²) in [4.78, 5) is 62.7. The van der Waals surface area contributed by atoms with Crippen LogP contribution in [0.2, 0.25) is 0 Å². The Morgan fingerprint density at radius 2 is 1.03 bits per heavy atom. The number of carbonyl (C=O) groups excluding carboxylic acids is 4. The molecule has 2 atom stereocenters. The van der Waals surface area contributed by atoms with Gasteiger partial charge in [0, 0.05) is 54.0 Å². The summed E-state index contributed by atoms with van der Waals surface area (Å²) in [5.41, 5.74) is 4.87. The maximum absolute atomic E-state index is 12.9. The van der Waals surface area contributed by atoms with E-state index < -0.39 is 43.3 Å². The molecule has 0 saturated carbocycles. The molecule has 6 amide bonds. The normalized spacial score (nSPS) is 15.6. The van der Waals surface area contributed by atoms with Gasteiger partial charge >= 0.3 is 24.4 Å². The van der Waals surface area contributed by atoms with Crippen molar-refractivity contribution < 1.29 is 50.6 Å². The summed E-state index contributed by atoms with van der Waals surface area (Å²) in [6, 6.07) is 19.5. The number of hydrogen-bond donors (Lipinski definition) is 5. The highest BCUT2D eigenvalue weighted by molar-refractivity contribution is 5.94. The number of nitrogens with zero attached hydrogens (tertiary/aromatic N) is 4. The van der Waals surface area contributed by atoms with Gasteiger partial charge in [0.15, 0.2) is 0 Å². The van der Waals surface area contributed by atoms with E-state index in [1.54, 1.807) is 40.1 Å². The number of halogens is 6. The zero-order valence-corrected chi connectivity index (χ0v) is 36.0. The Balaban J connectivity index is 0.000000241. The summed E-state index contributed by atoms with van der Waals surface area (Å²) < 4.78 is 75.5. The van der Waals surface area contributed by atoms with Crippen LogP contribution in [0, 0.1) is 0 Å². The first-order chi connectivity index (χ1) is 30.2. The van der Waals surface area contributed by atoms with Gasteiger partial charge in [-0.05, 0) is 63.8 Å². The minimum atomic E-state index is -4.55. The van der Waals surface area contributed by atoms with E-state index in [2.05, 4.69) is 20.6 Å². The van der Waals surface area contributed by atoms with Gasteiger partial charge in [-0.25, -0.2) is 19.6 Å². The molecule has 344 valence electrons. The molecule has 4 aromatic rings. The maximum Gasteiger partial charge on any atom is 0.405 e. The number of rotatable bonds is 12. The minimum absolute atomic E-state index is 0.0519. The van der Waals surface area contributed by atoms with E-state index in [0.29, 0.717) is 40.1 Å². The summed E-state index contributed by atoms with van der Waals surface area (Å²) in [5.74, 6) is -1.86. The molecule has 0 radical (unpaired) electrons. The van der Waals surface area contributed by atoms with Crippen LogP contribution < -0.4 is 21.3 Å². The van der Waals surface area contributed by atoms with Crippen molar-refractivity contribution in [2.24, 2.45) is 0 Å². The number of benzene rings is 2. The monoisotopic (exact) mass is 898 g/mol. The fraction of sp³-hybridized carbons (Fsp3) is 0.422. The zero-order valence-electron chi connectivity index (χ0n) is 36.0. The summed E-state index contributed by atoms with van der Waals surface area (Å²) in [5, 5.41) is 19.1. The average molecular weight is 899 g/mol. The third-order valence-corrected chi connectivity index (χ3v) is 10.2. The molecule has 0 bridgehead atoms. The smallest absolute Gasteiger partial charge is 0.396 e. The number of fused-ring (bicyclic) bond motifs is 2. The van der Waals surface area contributed by atoms with Crippen LogP contribution in [-0.2, 0) is 13.1 Å². The molecule has 2 aromatic carbocycles. The first kappa shape index (κ1) is 48.8. The highest BCUT2D eigenvalue weighted by Gasteiger charge is 2.39. The second-order valence-corrected chi connectivity index (χ2v) is 16.0. The number of urea groups is 2. The van der Waals surface area contributed by atoms with Crippen molar-refractivity contribution >= 4 is 23.9 Å². The number of aliphatic hydroxyl groups excluding tert-OH is 1. The van der Waals surface area contributed by atoms with E-state index in [1.807, 2.05) is 75.6 Å². The minimum Gasteiger partial charge on any atom is -0.396 e. The van der Waals surface area contributed by atoms with Crippen molar-refractivity contribution in [3.63, 3.8) is 0 Å². The van der Waals surface area contributed by atoms with Gasteiger partial charge in [-0.3, -0.25) is 9.59 Å². The molecule has 2 aliphatic rings. The number of aromatic nitrogens is 2. The molecular formula is C45H52F6N8O5. The maximum atomic E-state index is 12.9. The summed E-state index contributed by atoms with van der Waals surface area (Å²) in [6.45, 7) is 6.70. The molecule has 4 heterocycles. The van der Waals surface area contributed by atoms with Gasteiger partial charge in [-0.15, -0.1) is 0 Å². The Morgan fingerprint density at radius 3 is 1.36 bits per heavy atom. The largest absolute Gasteiger partial charge is 0.405 e. The summed E-state index contributed by atoms with van der Waals surface area (Å²) in [7, 11) is 0. The highest BCUT2D eigenvalue weighted by atomic mass is 19.4. The van der Waals surface area contributed by atoms with Crippen molar-refractivity contribution in [1.29, 1.82) is 0 Å². The Hall–Kier alpha value is -6.24. The van der Waals surface area contributed by atoms with E-state index in [-0.39, 0.29) is 67.7 Å². The lowest BCUT2D eigenvalue weighted by Crippen LogP contribution is -2.42. The predicted octanol–water partition coefficient (Wildman–Crippen LogP) is 8.21. The van der Waals surface area contributed by atoms with Gasteiger partial charge < -0.3 is 36.2 Å². The lowest BCUT2D eigenvalue weighted by Gasteiger charge is -2.27. The third kappa shape index (κ3) is 12.5. The molecule has 19 heteroatoms. The average Bonchev–Trinajstić information content (AvgIpc) is 3.80. The van der Waals surface area contributed by atoms with Crippen LogP contribution in [0.1, 0.15) is 109 Å². The Kier molecular flexibility index (Phi) is 16.0. The second-order valence-electron chi connectivity index (χ2n) is 16.0. The topological polar surface area (TPSA) is 169 Å². The molecule has 0 spiro atoms. The van der Waals surface area contributed by atoms with E-state index in [9.17, 15) is 50.6 Å². The van der Waals surface area contributed by atoms with E-state index >= 15 is 0 Å². The molecule has 6 rings (SSSR count). The van der Waals surface area contributed by atoms with Crippen molar-refractivity contribution in [2.75, 3.05) is 19.7 Å². The van der Waals surface area contributed by atoms with Crippen molar-refractivity contribution in [1.82, 2.24) is 41.0 Å². The predicted molar refractivity (Wildman–Crippen MR) is 227 cm³/mol. The summed E-state index contributed by atoms with van der Waals surface area (Å²) >= 11 is 0. The van der Waals surface area contributed by atoms with Gasteiger partial charge in [-0.1, -0.05) is 74.0 Å². The van der Waals surface area contributed by atoms with Crippen LogP contribution in [-0.4, -0.2) is 92.9 Å². The molecule has 13 nitrogen and oxygen atoms in total. The second kappa shape index (κ2) is 21.0. The quantitative estimate of drug-likeness (QED) is 0.0894. The first-order valence-corrected chi connectivity index (χ1v) is 20.8. The molecule has 0 saturated heterocycles. The number of alkyl halides is 6. The van der Waals surface area contributed by atoms with Crippen LogP contribution >= 0.6 is 0 Å². The van der Waals surface area contributed by atoms with Crippen molar-refractivity contribution in [3.05, 3.63) is 106 Å². The third-order valence-electron chi connectivity index (χ3n) is 10.2. The molecule has 2 aliphatic heterocycles. The molecule has 0 fully saturated rings. The molecule has 5 N–H and O–H groups in total. The van der Waals surface area contributed by atoms with Gasteiger partial charge in [0.25, 0.3) is 11.8 Å². The number of aliphatic hydroxyl groups is 1. The molecular weight excluding hydrogens is 847 g/mol. The molecule has 2 aromatic heterocycles. The number of hydrogen-bond acceptors (Lipinski definition) is 7. The fourth-order valence-corrected chi connectivity index (χ4v) is 7.61. The molecule has 0 unspecified atom stereocenters. The standard InChI is InChI=1S/C23H27F3N4O2.C22H25F3N4O3/c1-4-8-18-19-16(12-30(18)22(32)28-14(2)3)11-17(21(31)27-13-23(24,25)26)29-20(19)15-9-6-5-7-10-15;1-13(2)27-21(32)29-11-15-10-16(20(31)26-12-22(23,24)25)28-19(14-6-4-3-5-7-14)18(15)17(29)8-9-30/h5-7,9-11,14,18H,4,8,12-13H2,1-3H3,(H,27,31)(H,28,32);3-7,10,13,17,30H,8-9,11-12H2,1-2H3,(H,26,31)(H,27,32)/t18-;17-/m11/s1. The lowest BCUT2D eigenvalue weighted by atomic mass is 9.95. The zero-order chi connectivity index (χ0) is 46.9. The van der Waals surface area contributed by atoms with Crippen molar-refractivity contribution in [3.8, 4) is 22.5 Å². The number of carbonyl (C=O) groups is 4. The van der Waals surface area contributed by atoms with Gasteiger partial charge in [0.1, 0.15) is 24.5 Å². The van der Waals surface area contributed by atoms with Gasteiger partial charge in [-0.2, -0.15) is 26.3 Å². The first-order valence-electron chi connectivity index (χ1n) is 20.8. The summed E-state index contributed by atoms with van der Waals surface area (Å²) in [6.07, 6.45) is -7.31. The molecule has 0 aliphatic carbocycles. The SMILES string of the molecule is CC(C)NC(=O)N1Cc2cc(C(=O)NCC(F)(F)F)nc(-c3ccccc3)c2[C@H]1CCO.CCC[C@@H]1c2c(cc(C(=O)NCC(F)(F)F)nc2-c2ccccc2)CN1C(=O)NC(C)C. The van der Waals surface area contributed by atoms with Crippen LogP contribution in [0.25, 0.3) is 22.5 Å². The number of pyridine rings is 2. The van der Waals surface area contributed by atoms with Crippen LogP contribution in [0.15, 0.2) is 72.8 Å². The Morgan fingerprint density at radius 1 is 0.656 bits per heavy atom. The van der Waals surface area contributed by atoms with E-state index in [0.717, 1.165) is 17.5 Å². The number of nitrogens with one attached hydrogen (secondary N) is 4.